The van der Waals surface area contributed by atoms with Crippen molar-refractivity contribution in [2.75, 3.05) is 6.54 Å². The Bertz CT molecular complexity index is 677. The number of amides is 1. The predicted octanol–water partition coefficient (Wildman–Crippen LogP) is 4.22. The summed E-state index contributed by atoms with van der Waals surface area (Å²) in [6, 6.07) is 10.4. The van der Waals surface area contributed by atoms with Gasteiger partial charge in [0.05, 0.1) is 6.54 Å². The molecule has 0 aliphatic heterocycles. The van der Waals surface area contributed by atoms with Crippen molar-refractivity contribution in [3.63, 3.8) is 0 Å². The quantitative estimate of drug-likeness (QED) is 0.778. The molecule has 0 unspecified atom stereocenters. The molecule has 4 nitrogen and oxygen atoms in total. The van der Waals surface area contributed by atoms with Crippen molar-refractivity contribution >= 4 is 5.91 Å². The highest BCUT2D eigenvalue weighted by Crippen LogP contribution is 2.16. The molecule has 1 N–H and O–H groups in total. The lowest BCUT2D eigenvalue weighted by Crippen LogP contribution is -2.29. The molecule has 25 heavy (non-hydrogen) atoms. The summed E-state index contributed by atoms with van der Waals surface area (Å²) in [6.45, 7) is 10.2. The van der Waals surface area contributed by atoms with E-state index in [1.165, 1.54) is 12.1 Å². The van der Waals surface area contributed by atoms with Crippen LogP contribution in [0.3, 0.4) is 0 Å². The lowest BCUT2D eigenvalue weighted by Gasteiger charge is -2.25. The van der Waals surface area contributed by atoms with Crippen molar-refractivity contribution < 1.29 is 13.6 Å². The molecule has 0 saturated heterocycles. The van der Waals surface area contributed by atoms with Gasteiger partial charge in [0.2, 0.25) is 0 Å². The molecule has 0 aliphatic rings. The summed E-state index contributed by atoms with van der Waals surface area (Å²) in [4.78, 5) is 14.3. The first kappa shape index (κ1) is 19.2. The molecule has 1 heterocycles. The molecule has 0 spiro atoms. The van der Waals surface area contributed by atoms with Gasteiger partial charge in [0.25, 0.3) is 5.91 Å². The van der Waals surface area contributed by atoms with Gasteiger partial charge in [-0.3, -0.25) is 9.69 Å². The monoisotopic (exact) mass is 346 g/mol. The number of carbonyl (C=O) groups excluding carboxylic acids is 1. The molecule has 0 radical (unpaired) electrons. The van der Waals surface area contributed by atoms with Gasteiger partial charge in [-0.15, -0.1) is 0 Å². The van der Waals surface area contributed by atoms with Gasteiger partial charge in [-0.2, -0.15) is 0 Å². The summed E-state index contributed by atoms with van der Waals surface area (Å²) < 4.78 is 18.8. The minimum Gasteiger partial charge on any atom is -0.455 e. The summed E-state index contributed by atoms with van der Waals surface area (Å²) in [7, 11) is 0. The zero-order valence-electron chi connectivity index (χ0n) is 15.4. The van der Waals surface area contributed by atoms with Crippen molar-refractivity contribution in [1.29, 1.82) is 0 Å². The number of rotatable bonds is 8. The van der Waals surface area contributed by atoms with Crippen LogP contribution in [0.5, 0.6) is 0 Å². The topological polar surface area (TPSA) is 45.5 Å². The summed E-state index contributed by atoms with van der Waals surface area (Å²) in [5.74, 6) is 1.05. The number of benzene rings is 1. The van der Waals surface area contributed by atoms with E-state index in [4.69, 9.17) is 4.42 Å². The maximum atomic E-state index is 13.1. The van der Waals surface area contributed by atoms with Crippen LogP contribution in [0.4, 0.5) is 4.39 Å². The minimum atomic E-state index is -0.233. The van der Waals surface area contributed by atoms with Crippen LogP contribution < -0.4 is 5.32 Å². The summed E-state index contributed by atoms with van der Waals surface area (Å²) in [5.41, 5.74) is 1.04. The van der Waals surface area contributed by atoms with E-state index in [0.717, 1.165) is 11.3 Å². The second-order valence-corrected chi connectivity index (χ2v) is 7.00. The van der Waals surface area contributed by atoms with Crippen LogP contribution in [0.25, 0.3) is 0 Å². The summed E-state index contributed by atoms with van der Waals surface area (Å²) in [6.07, 6.45) is 0. The van der Waals surface area contributed by atoms with Gasteiger partial charge in [0.15, 0.2) is 5.76 Å². The maximum Gasteiger partial charge on any atom is 0.287 e. The zero-order chi connectivity index (χ0) is 18.4. The minimum absolute atomic E-state index is 0.186. The lowest BCUT2D eigenvalue weighted by atomic mass is 10.2. The Labute approximate surface area is 149 Å². The van der Waals surface area contributed by atoms with Gasteiger partial charge < -0.3 is 9.73 Å². The molecule has 136 valence electrons. The zero-order valence-corrected chi connectivity index (χ0v) is 15.4. The van der Waals surface area contributed by atoms with Crippen LogP contribution in [-0.4, -0.2) is 23.4 Å². The third-order valence-electron chi connectivity index (χ3n) is 3.94. The Balaban J connectivity index is 2.00. The lowest BCUT2D eigenvalue weighted by molar-refractivity contribution is 0.0916. The van der Waals surface area contributed by atoms with Crippen LogP contribution in [0.1, 0.15) is 49.6 Å². The Morgan fingerprint density at radius 2 is 1.76 bits per heavy atom. The third-order valence-corrected chi connectivity index (χ3v) is 3.94. The average molecular weight is 346 g/mol. The summed E-state index contributed by atoms with van der Waals surface area (Å²) >= 11 is 0. The number of nitrogens with zero attached hydrogens (tertiary/aromatic N) is 1. The molecule has 1 aromatic heterocycles. The molecular weight excluding hydrogens is 319 g/mol. The number of furan rings is 1. The predicted molar refractivity (Wildman–Crippen MR) is 96.7 cm³/mol. The number of hydrogen-bond donors (Lipinski definition) is 1. The second kappa shape index (κ2) is 8.81. The molecule has 1 aromatic carbocycles. The highest BCUT2D eigenvalue weighted by atomic mass is 19.1. The number of hydrogen-bond acceptors (Lipinski definition) is 3. The second-order valence-electron chi connectivity index (χ2n) is 7.00. The van der Waals surface area contributed by atoms with Crippen LogP contribution >= 0.6 is 0 Å². The fraction of sp³-hybridized carbons (Fsp3) is 0.450. The molecule has 2 rings (SSSR count). The first-order chi connectivity index (χ1) is 11.8. The SMILES string of the molecule is CC(C)CNC(=O)c1ccc(CN(Cc2ccc(F)cc2)C(C)C)o1. The van der Waals surface area contributed by atoms with Crippen LogP contribution in [0.15, 0.2) is 40.8 Å². The Kier molecular flexibility index (Phi) is 6.76. The standard InChI is InChI=1S/C20H27FN2O2/c1-14(2)11-22-20(24)19-10-9-18(25-19)13-23(15(3)4)12-16-5-7-17(21)8-6-16/h5-10,14-15H,11-13H2,1-4H3,(H,22,24). The van der Waals surface area contributed by atoms with E-state index in [2.05, 4.69) is 24.1 Å². The van der Waals surface area contributed by atoms with Gasteiger partial charge in [-0.05, 0) is 49.6 Å². The van der Waals surface area contributed by atoms with Gasteiger partial charge in [0.1, 0.15) is 11.6 Å². The maximum absolute atomic E-state index is 13.1. The van der Waals surface area contributed by atoms with Gasteiger partial charge in [-0.1, -0.05) is 26.0 Å². The molecule has 0 saturated carbocycles. The molecule has 5 heteroatoms. The Morgan fingerprint density at radius 1 is 1.08 bits per heavy atom. The van der Waals surface area contributed by atoms with E-state index in [1.54, 1.807) is 18.2 Å². The molecule has 0 fully saturated rings. The Hall–Kier alpha value is -2.14. The van der Waals surface area contributed by atoms with E-state index in [9.17, 15) is 9.18 Å². The van der Waals surface area contributed by atoms with E-state index in [0.29, 0.717) is 31.3 Å². The van der Waals surface area contributed by atoms with E-state index < -0.39 is 0 Å². The highest BCUT2D eigenvalue weighted by Gasteiger charge is 2.16. The Morgan fingerprint density at radius 3 is 2.36 bits per heavy atom. The van der Waals surface area contributed by atoms with Crippen molar-refractivity contribution in [2.24, 2.45) is 5.92 Å². The number of nitrogens with one attached hydrogen (secondary N) is 1. The van der Waals surface area contributed by atoms with Crippen LogP contribution in [0.2, 0.25) is 0 Å². The van der Waals surface area contributed by atoms with E-state index >= 15 is 0 Å². The molecule has 0 atom stereocenters. The smallest absolute Gasteiger partial charge is 0.287 e. The van der Waals surface area contributed by atoms with E-state index in [-0.39, 0.29) is 17.8 Å². The molecule has 2 aromatic rings. The van der Waals surface area contributed by atoms with Crippen LogP contribution in [-0.2, 0) is 13.1 Å². The fourth-order valence-electron chi connectivity index (χ4n) is 2.41. The van der Waals surface area contributed by atoms with Crippen molar-refractivity contribution in [3.8, 4) is 0 Å². The average Bonchev–Trinajstić information content (AvgIpc) is 3.02. The van der Waals surface area contributed by atoms with E-state index in [1.807, 2.05) is 19.9 Å². The first-order valence-corrected chi connectivity index (χ1v) is 8.70. The third kappa shape index (κ3) is 6.02. The van der Waals surface area contributed by atoms with Crippen molar-refractivity contribution in [2.45, 2.75) is 46.8 Å². The molecule has 0 aliphatic carbocycles. The van der Waals surface area contributed by atoms with Gasteiger partial charge in [-0.25, -0.2) is 4.39 Å². The normalized spacial score (nSPS) is 11.5. The van der Waals surface area contributed by atoms with Crippen molar-refractivity contribution in [1.82, 2.24) is 10.2 Å². The fourth-order valence-corrected chi connectivity index (χ4v) is 2.41. The highest BCUT2D eigenvalue weighted by molar-refractivity contribution is 5.91. The summed E-state index contributed by atoms with van der Waals surface area (Å²) in [5, 5.41) is 2.85. The molecular formula is C20H27FN2O2. The number of halogens is 1. The largest absolute Gasteiger partial charge is 0.455 e. The van der Waals surface area contributed by atoms with Crippen molar-refractivity contribution in [3.05, 3.63) is 59.3 Å². The number of carbonyl (C=O) groups is 1. The van der Waals surface area contributed by atoms with Crippen LogP contribution in [0, 0.1) is 11.7 Å². The molecule has 1 amide bonds. The molecule has 0 bridgehead atoms. The first-order valence-electron chi connectivity index (χ1n) is 8.70. The van der Waals surface area contributed by atoms with Gasteiger partial charge in [0, 0.05) is 19.1 Å². The van der Waals surface area contributed by atoms with Gasteiger partial charge >= 0.3 is 0 Å².